The van der Waals surface area contributed by atoms with Crippen LogP contribution < -0.4 is 10.9 Å². The van der Waals surface area contributed by atoms with E-state index in [4.69, 9.17) is 0 Å². The van der Waals surface area contributed by atoms with Crippen LogP contribution in [0.15, 0.2) is 33.5 Å². The van der Waals surface area contributed by atoms with Crippen LogP contribution in [0.2, 0.25) is 0 Å². The Kier molecular flexibility index (Phi) is 3.82. The number of nitrogens with one attached hydrogen (secondary N) is 2. The fourth-order valence-corrected chi connectivity index (χ4v) is 3.05. The maximum absolute atomic E-state index is 12.8. The van der Waals surface area contributed by atoms with Crippen molar-refractivity contribution in [2.45, 2.75) is 13.0 Å². The standard InChI is InChI=1S/C15H16BrN3O2/c1-9-8-19(5-4-17-9)15(21)12-7-14(20)18-13-3-2-10(16)6-11(12)13/h2-3,6-7,9,17H,4-5,8H2,1H3,(H,18,20). The van der Waals surface area contributed by atoms with E-state index in [2.05, 4.69) is 26.2 Å². The van der Waals surface area contributed by atoms with Crippen LogP contribution in [-0.2, 0) is 0 Å². The topological polar surface area (TPSA) is 65.2 Å². The number of hydrogen-bond acceptors (Lipinski definition) is 3. The first-order valence-corrected chi connectivity index (χ1v) is 7.69. The lowest BCUT2D eigenvalue weighted by Gasteiger charge is -2.32. The fourth-order valence-electron chi connectivity index (χ4n) is 2.69. The molecular weight excluding hydrogens is 334 g/mol. The zero-order chi connectivity index (χ0) is 15.0. The van der Waals surface area contributed by atoms with Crippen LogP contribution in [0.1, 0.15) is 17.3 Å². The summed E-state index contributed by atoms with van der Waals surface area (Å²) in [6.45, 7) is 4.14. The molecule has 21 heavy (non-hydrogen) atoms. The van der Waals surface area contributed by atoms with E-state index < -0.39 is 0 Å². The minimum absolute atomic E-state index is 0.0856. The van der Waals surface area contributed by atoms with Crippen LogP contribution >= 0.6 is 15.9 Å². The molecule has 110 valence electrons. The van der Waals surface area contributed by atoms with E-state index in [9.17, 15) is 9.59 Å². The van der Waals surface area contributed by atoms with Crippen molar-refractivity contribution in [3.63, 3.8) is 0 Å². The predicted molar refractivity (Wildman–Crippen MR) is 85.6 cm³/mol. The lowest BCUT2D eigenvalue weighted by molar-refractivity contribution is 0.0711. The van der Waals surface area contributed by atoms with Gasteiger partial charge < -0.3 is 15.2 Å². The molecule has 1 amide bonds. The molecular formula is C15H16BrN3O2. The highest BCUT2D eigenvalue weighted by atomic mass is 79.9. The molecule has 6 heteroatoms. The van der Waals surface area contributed by atoms with E-state index in [0.29, 0.717) is 24.2 Å². The molecule has 1 aromatic heterocycles. The highest BCUT2D eigenvalue weighted by Gasteiger charge is 2.23. The van der Waals surface area contributed by atoms with Crippen molar-refractivity contribution in [3.05, 3.63) is 44.7 Å². The Hall–Kier alpha value is -1.66. The summed E-state index contributed by atoms with van der Waals surface area (Å²) in [5.41, 5.74) is 0.887. The summed E-state index contributed by atoms with van der Waals surface area (Å²) < 4.78 is 0.879. The van der Waals surface area contributed by atoms with Gasteiger partial charge in [-0.05, 0) is 25.1 Å². The number of aromatic amines is 1. The summed E-state index contributed by atoms with van der Waals surface area (Å²) in [6, 6.07) is 7.17. The monoisotopic (exact) mass is 349 g/mol. The maximum atomic E-state index is 12.8. The molecule has 2 N–H and O–H groups in total. The molecule has 2 aromatic rings. The molecule has 1 unspecified atom stereocenters. The molecule has 5 nitrogen and oxygen atoms in total. The zero-order valence-corrected chi connectivity index (χ0v) is 13.2. The van der Waals surface area contributed by atoms with Crippen molar-refractivity contribution in [1.29, 1.82) is 0 Å². The zero-order valence-electron chi connectivity index (χ0n) is 11.6. The Balaban J connectivity index is 2.08. The van der Waals surface area contributed by atoms with E-state index in [1.165, 1.54) is 6.07 Å². The van der Waals surface area contributed by atoms with Crippen molar-refractivity contribution < 1.29 is 4.79 Å². The Bertz CT molecular complexity index is 756. The lowest BCUT2D eigenvalue weighted by Crippen LogP contribution is -2.51. The summed E-state index contributed by atoms with van der Waals surface area (Å²) in [6.07, 6.45) is 0. The van der Waals surface area contributed by atoms with Gasteiger partial charge in [0.05, 0.1) is 5.56 Å². The Morgan fingerprint density at radius 2 is 2.19 bits per heavy atom. The van der Waals surface area contributed by atoms with Gasteiger partial charge in [-0.1, -0.05) is 15.9 Å². The molecule has 0 saturated carbocycles. The summed E-state index contributed by atoms with van der Waals surface area (Å²) in [5, 5.41) is 4.07. The number of H-pyrrole nitrogens is 1. The van der Waals surface area contributed by atoms with Gasteiger partial charge in [0.2, 0.25) is 5.56 Å². The number of hydrogen-bond donors (Lipinski definition) is 2. The average Bonchev–Trinajstić information content (AvgIpc) is 2.46. The molecule has 0 spiro atoms. The van der Waals surface area contributed by atoms with Crippen molar-refractivity contribution in [2.75, 3.05) is 19.6 Å². The van der Waals surface area contributed by atoms with Crippen molar-refractivity contribution in [1.82, 2.24) is 15.2 Å². The van der Waals surface area contributed by atoms with Crippen LogP contribution in [0.3, 0.4) is 0 Å². The second kappa shape index (κ2) is 5.61. The minimum atomic E-state index is -0.253. The molecule has 1 atom stereocenters. The fraction of sp³-hybridized carbons (Fsp3) is 0.333. The van der Waals surface area contributed by atoms with Crippen LogP contribution in [0.5, 0.6) is 0 Å². The first-order valence-electron chi connectivity index (χ1n) is 6.90. The Labute approximate surface area is 130 Å². The number of rotatable bonds is 1. The molecule has 1 fully saturated rings. The number of carbonyl (C=O) groups is 1. The third-order valence-corrected chi connectivity index (χ3v) is 4.18. The van der Waals surface area contributed by atoms with Crippen molar-refractivity contribution in [3.8, 4) is 0 Å². The number of amides is 1. The van der Waals surface area contributed by atoms with Crippen molar-refractivity contribution in [2.24, 2.45) is 0 Å². The summed E-state index contributed by atoms with van der Waals surface area (Å²) >= 11 is 3.41. The molecule has 3 rings (SSSR count). The van der Waals surface area contributed by atoms with E-state index in [1.54, 1.807) is 11.0 Å². The van der Waals surface area contributed by atoms with Crippen LogP contribution in [0, 0.1) is 0 Å². The van der Waals surface area contributed by atoms with Gasteiger partial charge in [-0.25, -0.2) is 0 Å². The van der Waals surface area contributed by atoms with Gasteiger partial charge in [0.25, 0.3) is 5.91 Å². The van der Waals surface area contributed by atoms with Gasteiger partial charge in [-0.15, -0.1) is 0 Å². The molecule has 1 saturated heterocycles. The molecule has 0 aliphatic carbocycles. The molecule has 1 aromatic carbocycles. The number of halogens is 1. The normalized spacial score (nSPS) is 19.0. The quantitative estimate of drug-likeness (QED) is 0.823. The largest absolute Gasteiger partial charge is 0.336 e. The van der Waals surface area contributed by atoms with Gasteiger partial charge >= 0.3 is 0 Å². The summed E-state index contributed by atoms with van der Waals surface area (Å²) in [4.78, 5) is 29.1. The average molecular weight is 350 g/mol. The lowest BCUT2D eigenvalue weighted by atomic mass is 10.1. The number of benzene rings is 1. The molecule has 2 heterocycles. The first kappa shape index (κ1) is 14.3. The molecule has 1 aliphatic rings. The molecule has 1 aliphatic heterocycles. The third kappa shape index (κ3) is 2.87. The Morgan fingerprint density at radius 3 is 2.95 bits per heavy atom. The van der Waals surface area contributed by atoms with Crippen molar-refractivity contribution >= 4 is 32.7 Å². The Morgan fingerprint density at radius 1 is 1.38 bits per heavy atom. The van der Waals surface area contributed by atoms with Gasteiger partial charge in [-0.3, -0.25) is 9.59 Å². The van der Waals surface area contributed by atoms with Crippen LogP contribution in [-0.4, -0.2) is 41.5 Å². The number of nitrogens with zero attached hydrogens (tertiary/aromatic N) is 1. The number of carbonyl (C=O) groups excluding carboxylic acids is 1. The predicted octanol–water partition coefficient (Wildman–Crippen LogP) is 1.72. The third-order valence-electron chi connectivity index (χ3n) is 3.69. The number of piperazine rings is 1. The van der Waals surface area contributed by atoms with E-state index in [1.807, 2.05) is 19.1 Å². The number of aromatic nitrogens is 1. The van der Waals surface area contributed by atoms with Crippen LogP contribution in [0.25, 0.3) is 10.9 Å². The molecule has 0 radical (unpaired) electrons. The smallest absolute Gasteiger partial charge is 0.254 e. The van der Waals surface area contributed by atoms with Gasteiger partial charge in [-0.2, -0.15) is 0 Å². The highest BCUT2D eigenvalue weighted by molar-refractivity contribution is 9.10. The number of pyridine rings is 1. The maximum Gasteiger partial charge on any atom is 0.254 e. The van der Waals surface area contributed by atoms with Crippen LogP contribution in [0.4, 0.5) is 0 Å². The van der Waals surface area contributed by atoms with Gasteiger partial charge in [0, 0.05) is 47.1 Å². The van der Waals surface area contributed by atoms with E-state index in [0.717, 1.165) is 16.4 Å². The van der Waals surface area contributed by atoms with Gasteiger partial charge in [0.15, 0.2) is 0 Å². The summed E-state index contributed by atoms with van der Waals surface area (Å²) in [5.74, 6) is -0.0856. The SMILES string of the molecule is CC1CN(C(=O)c2cc(=O)[nH]c3ccc(Br)cc23)CCN1. The second-order valence-corrected chi connectivity index (χ2v) is 6.26. The highest BCUT2D eigenvalue weighted by Crippen LogP contribution is 2.22. The first-order chi connectivity index (χ1) is 10.0. The summed E-state index contributed by atoms with van der Waals surface area (Å²) in [7, 11) is 0. The second-order valence-electron chi connectivity index (χ2n) is 5.34. The number of fused-ring (bicyclic) bond motifs is 1. The van der Waals surface area contributed by atoms with Gasteiger partial charge in [0.1, 0.15) is 0 Å². The van der Waals surface area contributed by atoms with E-state index in [-0.39, 0.29) is 17.5 Å². The minimum Gasteiger partial charge on any atom is -0.336 e. The van der Waals surface area contributed by atoms with E-state index >= 15 is 0 Å². The molecule has 0 bridgehead atoms.